The summed E-state index contributed by atoms with van der Waals surface area (Å²) in [5, 5.41) is 5.38. The quantitative estimate of drug-likeness (QED) is 0.731. The lowest BCUT2D eigenvalue weighted by atomic mass is 10.1. The van der Waals surface area contributed by atoms with E-state index in [0.29, 0.717) is 29.1 Å². The van der Waals surface area contributed by atoms with Crippen LogP contribution in [0, 0.1) is 6.92 Å². The Labute approximate surface area is 157 Å². The Morgan fingerprint density at radius 1 is 1.04 bits per heavy atom. The van der Waals surface area contributed by atoms with Crippen molar-refractivity contribution in [1.29, 1.82) is 0 Å². The van der Waals surface area contributed by atoms with E-state index in [1.54, 1.807) is 36.4 Å². The highest BCUT2D eigenvalue weighted by Crippen LogP contribution is 2.20. The third kappa shape index (κ3) is 5.57. The van der Waals surface area contributed by atoms with E-state index in [1.807, 2.05) is 13.8 Å². The van der Waals surface area contributed by atoms with Crippen LogP contribution in [0.4, 0.5) is 5.69 Å². The van der Waals surface area contributed by atoms with Crippen molar-refractivity contribution in [3.05, 3.63) is 59.2 Å². The molecule has 0 aliphatic rings. The highest BCUT2D eigenvalue weighted by molar-refractivity contribution is 5.97. The number of nitrogens with one attached hydrogen (secondary N) is 2. The van der Waals surface area contributed by atoms with Gasteiger partial charge in [-0.3, -0.25) is 9.59 Å². The van der Waals surface area contributed by atoms with Gasteiger partial charge in [-0.15, -0.1) is 0 Å². The van der Waals surface area contributed by atoms with Crippen LogP contribution in [0.5, 0.6) is 5.75 Å². The number of rotatable bonds is 7. The van der Waals surface area contributed by atoms with E-state index in [2.05, 4.69) is 15.4 Å². The number of esters is 1. The monoisotopic (exact) mass is 370 g/mol. The molecule has 0 bridgehead atoms. The molecule has 2 aromatic rings. The van der Waals surface area contributed by atoms with Crippen LogP contribution in [-0.4, -0.2) is 38.0 Å². The summed E-state index contributed by atoms with van der Waals surface area (Å²) in [6.45, 7) is 3.92. The lowest BCUT2D eigenvalue weighted by molar-refractivity contribution is -0.118. The lowest BCUT2D eigenvalue weighted by Gasteiger charge is -2.11. The maximum atomic E-state index is 12.2. The fraction of sp³-hybridized carbons (Fsp3) is 0.250. The number of benzene rings is 2. The molecule has 0 heterocycles. The molecule has 2 N–H and O–H groups in total. The van der Waals surface area contributed by atoms with Crippen molar-refractivity contribution in [2.24, 2.45) is 0 Å². The highest BCUT2D eigenvalue weighted by Gasteiger charge is 2.11. The summed E-state index contributed by atoms with van der Waals surface area (Å²) in [6, 6.07) is 11.5. The predicted molar refractivity (Wildman–Crippen MR) is 101 cm³/mol. The number of ether oxygens (including phenoxy) is 2. The van der Waals surface area contributed by atoms with E-state index in [9.17, 15) is 14.4 Å². The molecule has 0 aliphatic heterocycles. The van der Waals surface area contributed by atoms with Gasteiger partial charge in [0.05, 0.1) is 12.7 Å². The summed E-state index contributed by atoms with van der Waals surface area (Å²) in [5.41, 5.74) is 2.08. The molecule has 27 heavy (non-hydrogen) atoms. The van der Waals surface area contributed by atoms with Crippen molar-refractivity contribution in [2.75, 3.05) is 25.6 Å². The molecule has 0 aromatic heterocycles. The van der Waals surface area contributed by atoms with Gasteiger partial charge in [-0.1, -0.05) is 12.1 Å². The number of methoxy groups -OCH3 is 1. The Balaban J connectivity index is 2.00. The number of amides is 2. The summed E-state index contributed by atoms with van der Waals surface area (Å²) < 4.78 is 10.2. The van der Waals surface area contributed by atoms with E-state index < -0.39 is 5.97 Å². The van der Waals surface area contributed by atoms with Crippen LogP contribution >= 0.6 is 0 Å². The van der Waals surface area contributed by atoms with Crippen molar-refractivity contribution in [3.8, 4) is 5.75 Å². The molecular formula is C20H22N2O5. The molecule has 0 atom stereocenters. The first-order valence-electron chi connectivity index (χ1n) is 8.44. The number of aryl methyl sites for hydroxylation is 1. The van der Waals surface area contributed by atoms with Gasteiger partial charge in [-0.05, 0) is 49.7 Å². The molecule has 0 unspecified atom stereocenters. The van der Waals surface area contributed by atoms with E-state index in [1.165, 1.54) is 13.2 Å². The van der Waals surface area contributed by atoms with Crippen LogP contribution in [0.3, 0.4) is 0 Å². The summed E-state index contributed by atoms with van der Waals surface area (Å²) in [7, 11) is 1.30. The van der Waals surface area contributed by atoms with Gasteiger partial charge in [0.25, 0.3) is 11.8 Å². The van der Waals surface area contributed by atoms with Crippen LogP contribution in [0.2, 0.25) is 0 Å². The Bertz CT molecular complexity index is 848. The Kier molecular flexibility index (Phi) is 6.93. The predicted octanol–water partition coefficient (Wildman–Crippen LogP) is 2.55. The molecule has 0 saturated heterocycles. The van der Waals surface area contributed by atoms with Gasteiger partial charge in [0.15, 0.2) is 6.61 Å². The first-order chi connectivity index (χ1) is 12.9. The summed E-state index contributed by atoms with van der Waals surface area (Å²) in [5.74, 6) is -0.651. The summed E-state index contributed by atoms with van der Waals surface area (Å²) >= 11 is 0. The van der Waals surface area contributed by atoms with Crippen molar-refractivity contribution in [2.45, 2.75) is 13.8 Å². The average Bonchev–Trinajstić information content (AvgIpc) is 2.67. The van der Waals surface area contributed by atoms with E-state index in [-0.39, 0.29) is 18.4 Å². The number of hydrogen-bond donors (Lipinski definition) is 2. The normalized spacial score (nSPS) is 10.0. The van der Waals surface area contributed by atoms with Gasteiger partial charge in [0, 0.05) is 17.8 Å². The first-order valence-corrected chi connectivity index (χ1v) is 8.44. The van der Waals surface area contributed by atoms with Crippen LogP contribution in [0.15, 0.2) is 42.5 Å². The third-order valence-electron chi connectivity index (χ3n) is 3.71. The lowest BCUT2D eigenvalue weighted by Crippen LogP contribution is -2.23. The molecule has 2 aromatic carbocycles. The Morgan fingerprint density at radius 3 is 2.52 bits per heavy atom. The van der Waals surface area contributed by atoms with Crippen LogP contribution in [0.25, 0.3) is 0 Å². The zero-order valence-electron chi connectivity index (χ0n) is 15.5. The minimum atomic E-state index is -0.480. The topological polar surface area (TPSA) is 93.7 Å². The Hall–Kier alpha value is -3.35. The minimum absolute atomic E-state index is 0.208. The van der Waals surface area contributed by atoms with E-state index >= 15 is 0 Å². The molecule has 0 saturated carbocycles. The molecule has 142 valence electrons. The second-order valence-electron chi connectivity index (χ2n) is 5.75. The molecular weight excluding hydrogens is 348 g/mol. The molecule has 0 aliphatic carbocycles. The third-order valence-corrected chi connectivity index (χ3v) is 3.71. The second kappa shape index (κ2) is 9.38. The average molecular weight is 370 g/mol. The van der Waals surface area contributed by atoms with Gasteiger partial charge >= 0.3 is 5.97 Å². The fourth-order valence-electron chi connectivity index (χ4n) is 2.34. The SMILES string of the molecule is CCNC(=O)c1cccc(NC(=O)COc2cc(C(=O)OC)ccc2C)c1. The second-order valence-corrected chi connectivity index (χ2v) is 5.75. The van der Waals surface area contributed by atoms with Crippen molar-refractivity contribution in [3.63, 3.8) is 0 Å². The van der Waals surface area contributed by atoms with E-state index in [4.69, 9.17) is 4.74 Å². The molecule has 7 nitrogen and oxygen atoms in total. The number of anilines is 1. The Morgan fingerprint density at radius 2 is 1.81 bits per heavy atom. The fourth-order valence-corrected chi connectivity index (χ4v) is 2.34. The molecule has 7 heteroatoms. The summed E-state index contributed by atoms with van der Waals surface area (Å²) in [4.78, 5) is 35.6. The maximum absolute atomic E-state index is 12.2. The maximum Gasteiger partial charge on any atom is 0.337 e. The van der Waals surface area contributed by atoms with Crippen molar-refractivity contribution < 1.29 is 23.9 Å². The van der Waals surface area contributed by atoms with Gasteiger partial charge in [-0.2, -0.15) is 0 Å². The number of carbonyl (C=O) groups excluding carboxylic acids is 3. The van der Waals surface area contributed by atoms with Gasteiger partial charge in [0.2, 0.25) is 0 Å². The van der Waals surface area contributed by atoms with Crippen LogP contribution in [0.1, 0.15) is 33.2 Å². The summed E-state index contributed by atoms with van der Waals surface area (Å²) in [6.07, 6.45) is 0. The standard InChI is InChI=1S/C20H22N2O5/c1-4-21-19(24)14-6-5-7-16(10-14)22-18(23)12-27-17-11-15(20(25)26-3)9-8-13(17)2/h5-11H,4,12H2,1-3H3,(H,21,24)(H,22,23). The van der Waals surface area contributed by atoms with E-state index in [0.717, 1.165) is 5.56 Å². The van der Waals surface area contributed by atoms with Gasteiger partial charge < -0.3 is 20.1 Å². The molecule has 0 spiro atoms. The molecule has 0 fully saturated rings. The van der Waals surface area contributed by atoms with Gasteiger partial charge in [0.1, 0.15) is 5.75 Å². The highest BCUT2D eigenvalue weighted by atomic mass is 16.5. The van der Waals surface area contributed by atoms with Gasteiger partial charge in [-0.25, -0.2) is 4.79 Å². The molecule has 0 radical (unpaired) electrons. The van der Waals surface area contributed by atoms with Crippen molar-refractivity contribution >= 4 is 23.5 Å². The first kappa shape index (κ1) is 20.0. The minimum Gasteiger partial charge on any atom is -0.483 e. The van der Waals surface area contributed by atoms with Crippen LogP contribution < -0.4 is 15.4 Å². The molecule has 2 rings (SSSR count). The number of hydrogen-bond acceptors (Lipinski definition) is 5. The smallest absolute Gasteiger partial charge is 0.337 e. The van der Waals surface area contributed by atoms with Crippen molar-refractivity contribution in [1.82, 2.24) is 5.32 Å². The number of carbonyl (C=O) groups is 3. The largest absolute Gasteiger partial charge is 0.483 e. The van der Waals surface area contributed by atoms with Crippen LogP contribution in [-0.2, 0) is 9.53 Å². The zero-order valence-corrected chi connectivity index (χ0v) is 15.5. The molecule has 2 amide bonds. The zero-order chi connectivity index (χ0) is 19.8.